The van der Waals surface area contributed by atoms with E-state index in [1.54, 1.807) is 23.0 Å². The van der Waals surface area contributed by atoms with Gasteiger partial charge in [-0.3, -0.25) is 9.59 Å². The number of aromatic nitrogens is 1. The average Bonchev–Trinajstić information content (AvgIpc) is 3.24. The molecule has 0 radical (unpaired) electrons. The molecule has 0 unspecified atom stereocenters. The van der Waals surface area contributed by atoms with Crippen LogP contribution in [0.15, 0.2) is 71.9 Å². The van der Waals surface area contributed by atoms with Gasteiger partial charge < -0.3 is 9.88 Å². The molecule has 1 aromatic heterocycles. The fourth-order valence-electron chi connectivity index (χ4n) is 2.79. The minimum atomic E-state index is -3.96. The maximum atomic E-state index is 14.1. The summed E-state index contributed by atoms with van der Waals surface area (Å²) in [6.07, 6.45) is 3.55. The number of sulfonamides is 1. The molecule has 0 atom stereocenters. The monoisotopic (exact) mass is 429 g/mol. The fraction of sp³-hybridized carbons (Fsp3) is 0.143. The molecule has 7 nitrogen and oxygen atoms in total. The summed E-state index contributed by atoms with van der Waals surface area (Å²) in [6.45, 7) is 0.869. The smallest absolute Gasteiger partial charge is 0.243 e. The molecule has 3 aromatic rings. The second kappa shape index (κ2) is 8.60. The molecular formula is C21H20FN3O4S. The second-order valence-electron chi connectivity index (χ2n) is 6.64. The van der Waals surface area contributed by atoms with Crippen molar-refractivity contribution < 1.29 is 22.4 Å². The van der Waals surface area contributed by atoms with Crippen LogP contribution < -0.4 is 5.32 Å². The largest absolute Gasteiger partial charge is 0.324 e. The van der Waals surface area contributed by atoms with Crippen molar-refractivity contribution in [1.82, 2.24) is 8.87 Å². The number of ketones is 1. The summed E-state index contributed by atoms with van der Waals surface area (Å²) in [6, 6.07) is 13.3. The van der Waals surface area contributed by atoms with Crippen LogP contribution in [0.3, 0.4) is 0 Å². The molecule has 1 heterocycles. The Kier molecular flexibility index (Phi) is 6.14. The number of rotatable bonds is 7. The highest BCUT2D eigenvalue weighted by atomic mass is 32.2. The summed E-state index contributed by atoms with van der Waals surface area (Å²) in [4.78, 5) is 23.6. The standard InChI is InChI=1S/C21H20FN3O4S/c1-15(26)16-5-8-18(9-6-16)30(28,29)24(2)14-21(27)23-20-13-17(7-10-19(20)22)25-11-3-4-12-25/h3-13H,14H2,1-2H3,(H,23,27). The van der Waals surface area contributed by atoms with E-state index in [0.717, 1.165) is 4.31 Å². The van der Waals surface area contributed by atoms with Crippen molar-refractivity contribution in [3.8, 4) is 5.69 Å². The zero-order valence-corrected chi connectivity index (χ0v) is 17.2. The molecule has 0 fully saturated rings. The number of amides is 1. The van der Waals surface area contributed by atoms with Crippen LogP contribution in [0.5, 0.6) is 0 Å². The Morgan fingerprint density at radius 3 is 2.30 bits per heavy atom. The molecule has 3 rings (SSSR count). The molecule has 0 aliphatic heterocycles. The molecule has 156 valence electrons. The van der Waals surface area contributed by atoms with Gasteiger partial charge in [0.2, 0.25) is 15.9 Å². The van der Waals surface area contributed by atoms with E-state index in [1.165, 1.54) is 50.4 Å². The normalized spacial score (nSPS) is 11.5. The summed E-state index contributed by atoms with van der Waals surface area (Å²) in [7, 11) is -2.71. The third-order valence-electron chi connectivity index (χ3n) is 4.46. The maximum absolute atomic E-state index is 14.1. The van der Waals surface area contributed by atoms with Crippen molar-refractivity contribution in [2.75, 3.05) is 18.9 Å². The van der Waals surface area contributed by atoms with Gasteiger partial charge in [0.1, 0.15) is 5.82 Å². The number of carbonyl (C=O) groups is 2. The summed E-state index contributed by atoms with van der Waals surface area (Å²) < 4.78 is 42.1. The lowest BCUT2D eigenvalue weighted by molar-refractivity contribution is -0.116. The van der Waals surface area contributed by atoms with Crippen molar-refractivity contribution >= 4 is 27.4 Å². The predicted octanol–water partition coefficient (Wildman–Crippen LogP) is 3.08. The molecule has 30 heavy (non-hydrogen) atoms. The van der Waals surface area contributed by atoms with E-state index in [4.69, 9.17) is 0 Å². The summed E-state index contributed by atoms with van der Waals surface area (Å²) >= 11 is 0. The van der Waals surface area contributed by atoms with Gasteiger partial charge in [-0.2, -0.15) is 4.31 Å². The third kappa shape index (κ3) is 4.64. The highest BCUT2D eigenvalue weighted by Crippen LogP contribution is 2.20. The second-order valence-corrected chi connectivity index (χ2v) is 8.69. The van der Waals surface area contributed by atoms with E-state index in [1.807, 2.05) is 12.1 Å². The van der Waals surface area contributed by atoms with Gasteiger partial charge in [-0.25, -0.2) is 12.8 Å². The Labute approximate surface area is 173 Å². The van der Waals surface area contributed by atoms with Gasteiger partial charge >= 0.3 is 0 Å². The van der Waals surface area contributed by atoms with E-state index in [0.29, 0.717) is 11.3 Å². The van der Waals surface area contributed by atoms with Crippen LogP contribution in [-0.2, 0) is 14.8 Å². The van der Waals surface area contributed by atoms with Crippen LogP contribution in [0.25, 0.3) is 5.69 Å². The maximum Gasteiger partial charge on any atom is 0.243 e. The Bertz CT molecular complexity index is 1170. The van der Waals surface area contributed by atoms with Gasteiger partial charge in [-0.05, 0) is 49.4 Å². The Hall–Kier alpha value is -3.30. The van der Waals surface area contributed by atoms with Gasteiger partial charge in [0.25, 0.3) is 0 Å². The average molecular weight is 429 g/mol. The lowest BCUT2D eigenvalue weighted by Gasteiger charge is -2.17. The Morgan fingerprint density at radius 1 is 1.07 bits per heavy atom. The lowest BCUT2D eigenvalue weighted by atomic mass is 10.2. The van der Waals surface area contributed by atoms with Gasteiger partial charge in [-0.1, -0.05) is 12.1 Å². The third-order valence-corrected chi connectivity index (χ3v) is 6.28. The quantitative estimate of drug-likeness (QED) is 0.585. The van der Waals surface area contributed by atoms with Crippen molar-refractivity contribution in [1.29, 1.82) is 0 Å². The van der Waals surface area contributed by atoms with Crippen molar-refractivity contribution in [2.24, 2.45) is 0 Å². The topological polar surface area (TPSA) is 88.5 Å². The molecule has 0 aliphatic rings. The van der Waals surface area contributed by atoms with E-state index >= 15 is 0 Å². The molecule has 0 spiro atoms. The number of likely N-dealkylation sites (N-methyl/N-ethyl adjacent to an activating group) is 1. The van der Waals surface area contributed by atoms with Crippen LogP contribution >= 0.6 is 0 Å². The SMILES string of the molecule is CC(=O)c1ccc(S(=O)(=O)N(C)CC(=O)Nc2cc(-n3cccc3)ccc2F)cc1. The van der Waals surface area contributed by atoms with Crippen LogP contribution in [-0.4, -0.2) is 42.6 Å². The number of hydrogen-bond acceptors (Lipinski definition) is 4. The number of benzene rings is 2. The van der Waals surface area contributed by atoms with E-state index < -0.39 is 28.3 Å². The van der Waals surface area contributed by atoms with E-state index in [9.17, 15) is 22.4 Å². The van der Waals surface area contributed by atoms with Gasteiger partial charge in [0, 0.05) is 30.7 Å². The van der Waals surface area contributed by atoms with Crippen LogP contribution in [0, 0.1) is 5.82 Å². The molecule has 9 heteroatoms. The number of anilines is 1. The summed E-state index contributed by atoms with van der Waals surface area (Å²) in [5.74, 6) is -1.51. The van der Waals surface area contributed by atoms with E-state index in [2.05, 4.69) is 5.32 Å². The highest BCUT2D eigenvalue weighted by Gasteiger charge is 2.23. The molecule has 0 saturated carbocycles. The lowest BCUT2D eigenvalue weighted by Crippen LogP contribution is -2.35. The first-order valence-electron chi connectivity index (χ1n) is 8.98. The number of Topliss-reactive ketones (excluding diaryl/α,β-unsaturated/α-hetero) is 1. The van der Waals surface area contributed by atoms with Crippen LogP contribution in [0.2, 0.25) is 0 Å². The molecule has 1 N–H and O–H groups in total. The first kappa shape index (κ1) is 21.4. The van der Waals surface area contributed by atoms with Crippen LogP contribution in [0.1, 0.15) is 17.3 Å². The fourth-order valence-corrected chi connectivity index (χ4v) is 3.92. The Morgan fingerprint density at radius 2 is 1.70 bits per heavy atom. The van der Waals surface area contributed by atoms with E-state index in [-0.39, 0.29) is 16.4 Å². The zero-order valence-electron chi connectivity index (χ0n) is 16.4. The minimum Gasteiger partial charge on any atom is -0.324 e. The zero-order chi connectivity index (χ0) is 21.9. The number of hydrogen-bond donors (Lipinski definition) is 1. The minimum absolute atomic E-state index is 0.0522. The van der Waals surface area contributed by atoms with Crippen molar-refractivity contribution in [3.63, 3.8) is 0 Å². The number of carbonyl (C=O) groups excluding carboxylic acids is 2. The molecule has 2 aromatic carbocycles. The molecule has 0 aliphatic carbocycles. The molecular weight excluding hydrogens is 409 g/mol. The number of nitrogens with zero attached hydrogens (tertiary/aromatic N) is 2. The first-order chi connectivity index (χ1) is 14.2. The van der Waals surface area contributed by atoms with Crippen molar-refractivity contribution in [2.45, 2.75) is 11.8 Å². The van der Waals surface area contributed by atoms with Crippen LogP contribution in [0.4, 0.5) is 10.1 Å². The summed E-state index contributed by atoms with van der Waals surface area (Å²) in [5.41, 5.74) is 0.971. The summed E-state index contributed by atoms with van der Waals surface area (Å²) in [5, 5.41) is 2.41. The predicted molar refractivity (Wildman–Crippen MR) is 111 cm³/mol. The molecule has 1 amide bonds. The Balaban J connectivity index is 1.72. The van der Waals surface area contributed by atoms with Gasteiger partial charge in [-0.15, -0.1) is 0 Å². The molecule has 0 saturated heterocycles. The van der Waals surface area contributed by atoms with Gasteiger partial charge in [0.15, 0.2) is 5.78 Å². The van der Waals surface area contributed by atoms with Gasteiger partial charge in [0.05, 0.1) is 17.1 Å². The number of halogens is 1. The number of nitrogens with one attached hydrogen (secondary N) is 1. The first-order valence-corrected chi connectivity index (χ1v) is 10.4. The molecule has 0 bridgehead atoms. The van der Waals surface area contributed by atoms with Crippen molar-refractivity contribution in [3.05, 3.63) is 78.4 Å². The highest BCUT2D eigenvalue weighted by molar-refractivity contribution is 7.89.